The molecule has 230 valence electrons. The molecule has 0 spiro atoms. The molecule has 0 heterocycles. The van der Waals surface area contributed by atoms with Crippen molar-refractivity contribution >= 4 is 11.8 Å². The maximum Gasteiger partial charge on any atom is 0.411 e. The van der Waals surface area contributed by atoms with E-state index >= 15 is 0 Å². The first-order chi connectivity index (χ1) is 19.9. The molecule has 2 atom stereocenters. The number of methoxy groups -OCH3 is 1. The molecule has 8 nitrogen and oxygen atoms in total. The Hall–Kier alpha value is -4.46. The lowest BCUT2D eigenvalue weighted by Gasteiger charge is -2.38. The van der Waals surface area contributed by atoms with Crippen LogP contribution < -0.4 is 9.47 Å². The molecular formula is C29H28F6N4O4. The van der Waals surface area contributed by atoms with Gasteiger partial charge in [-0.25, -0.2) is 0 Å². The van der Waals surface area contributed by atoms with Crippen LogP contribution >= 0.6 is 0 Å². The van der Waals surface area contributed by atoms with Crippen LogP contribution in [0.15, 0.2) is 58.8 Å². The summed E-state index contributed by atoms with van der Waals surface area (Å²) in [5.41, 5.74) is -9.59. The molecule has 2 aromatic rings. The van der Waals surface area contributed by atoms with Crippen LogP contribution in [0.1, 0.15) is 57.6 Å². The minimum atomic E-state index is -5.80. The molecule has 0 aliphatic rings. The number of alkyl halides is 6. The number of carbonyl (C=O) groups is 2. The van der Waals surface area contributed by atoms with Crippen molar-refractivity contribution in [1.82, 2.24) is 0 Å². The molecule has 2 rings (SSSR count). The van der Waals surface area contributed by atoms with Gasteiger partial charge >= 0.3 is 18.3 Å². The van der Waals surface area contributed by atoms with E-state index in [-0.39, 0.29) is 36.5 Å². The second-order valence-electron chi connectivity index (χ2n) is 10.1. The lowest BCUT2D eigenvalue weighted by atomic mass is 9.73. The molecular weight excluding hydrogens is 582 g/mol. The number of ketones is 1. The predicted molar refractivity (Wildman–Crippen MR) is 140 cm³/mol. The van der Waals surface area contributed by atoms with Crippen LogP contribution in [0.25, 0.3) is 0 Å². The van der Waals surface area contributed by atoms with E-state index in [2.05, 4.69) is 10.2 Å². The lowest BCUT2D eigenvalue weighted by Crippen LogP contribution is -2.54. The van der Waals surface area contributed by atoms with Gasteiger partial charge in [-0.05, 0) is 69.0 Å². The van der Waals surface area contributed by atoms with Gasteiger partial charge in [-0.15, -0.1) is 0 Å². The van der Waals surface area contributed by atoms with E-state index in [0.717, 1.165) is 24.3 Å². The minimum Gasteiger partial charge on any atom is -0.497 e. The monoisotopic (exact) mass is 610 g/mol. The average molecular weight is 611 g/mol. The number of hydrogen-bond acceptors (Lipinski definition) is 8. The summed E-state index contributed by atoms with van der Waals surface area (Å²) in [7, 11) is 1.21. The summed E-state index contributed by atoms with van der Waals surface area (Å²) in [6.45, 7) is 4.11. The smallest absolute Gasteiger partial charge is 0.411 e. The van der Waals surface area contributed by atoms with E-state index < -0.39 is 52.4 Å². The van der Waals surface area contributed by atoms with Crippen LogP contribution in [0.3, 0.4) is 0 Å². The van der Waals surface area contributed by atoms with E-state index in [9.17, 15) is 46.5 Å². The summed E-state index contributed by atoms with van der Waals surface area (Å²) in [6, 6.07) is 9.88. The molecule has 0 aromatic heterocycles. The zero-order valence-corrected chi connectivity index (χ0v) is 23.6. The number of esters is 1. The van der Waals surface area contributed by atoms with Crippen molar-refractivity contribution in [1.29, 1.82) is 10.5 Å². The Bertz CT molecular complexity index is 1400. The number of azo groups is 1. The van der Waals surface area contributed by atoms with Crippen molar-refractivity contribution in [2.45, 2.75) is 75.3 Å². The van der Waals surface area contributed by atoms with Gasteiger partial charge in [0.25, 0.3) is 0 Å². The van der Waals surface area contributed by atoms with E-state index in [1.807, 2.05) is 12.1 Å². The zero-order valence-electron chi connectivity index (χ0n) is 23.6. The fourth-order valence-electron chi connectivity index (χ4n) is 4.02. The number of hydrogen-bond donors (Lipinski definition) is 0. The van der Waals surface area contributed by atoms with Crippen LogP contribution in [-0.4, -0.2) is 42.3 Å². The van der Waals surface area contributed by atoms with Crippen LogP contribution in [0, 0.1) is 22.7 Å². The summed E-state index contributed by atoms with van der Waals surface area (Å²) in [5, 5.41) is 26.8. The Balaban J connectivity index is 2.27. The molecule has 43 heavy (non-hydrogen) atoms. The predicted octanol–water partition coefficient (Wildman–Crippen LogP) is 7.18. The Labute approximate surface area is 243 Å². The van der Waals surface area contributed by atoms with Gasteiger partial charge in [0.2, 0.25) is 5.41 Å². The Morgan fingerprint density at radius 1 is 0.744 bits per heavy atom. The second kappa shape index (κ2) is 13.2. The first-order valence-corrected chi connectivity index (χ1v) is 12.7. The number of benzene rings is 2. The van der Waals surface area contributed by atoms with E-state index in [1.165, 1.54) is 27.9 Å². The van der Waals surface area contributed by atoms with Crippen molar-refractivity contribution < 1.29 is 45.4 Å². The summed E-state index contributed by atoms with van der Waals surface area (Å²) < 4.78 is 95.8. The molecule has 14 heteroatoms. The van der Waals surface area contributed by atoms with E-state index in [4.69, 9.17) is 9.47 Å². The number of nitrogens with zero attached hydrogens (tertiary/aromatic N) is 4. The fourth-order valence-corrected chi connectivity index (χ4v) is 4.02. The molecule has 2 unspecified atom stereocenters. The van der Waals surface area contributed by atoms with Gasteiger partial charge < -0.3 is 14.3 Å². The number of halogens is 6. The Morgan fingerprint density at radius 3 is 1.49 bits per heavy atom. The van der Waals surface area contributed by atoms with Crippen molar-refractivity contribution in [3.63, 3.8) is 0 Å². The molecule has 0 saturated carbocycles. The maximum absolute atomic E-state index is 14.3. The summed E-state index contributed by atoms with van der Waals surface area (Å²) in [5.74, 6) is -1.38. The number of ether oxygens (including phenoxy) is 2. The lowest BCUT2D eigenvalue weighted by molar-refractivity contribution is -0.288. The zero-order chi connectivity index (χ0) is 32.7. The summed E-state index contributed by atoms with van der Waals surface area (Å²) in [4.78, 5) is 23.7. The Morgan fingerprint density at radius 2 is 1.14 bits per heavy atom. The van der Waals surface area contributed by atoms with Crippen molar-refractivity contribution in [2.24, 2.45) is 10.2 Å². The van der Waals surface area contributed by atoms with Gasteiger partial charge in [0, 0.05) is 12.8 Å². The molecule has 0 saturated heterocycles. The first kappa shape index (κ1) is 34.7. The van der Waals surface area contributed by atoms with Crippen LogP contribution in [0.4, 0.5) is 26.3 Å². The third-order valence-corrected chi connectivity index (χ3v) is 6.65. The highest BCUT2D eigenvalue weighted by Gasteiger charge is 2.72. The van der Waals surface area contributed by atoms with Crippen LogP contribution in [-0.2, 0) is 15.0 Å². The number of rotatable bonds is 12. The maximum atomic E-state index is 14.3. The summed E-state index contributed by atoms with van der Waals surface area (Å²) >= 11 is 0. The van der Waals surface area contributed by atoms with Gasteiger partial charge in [-0.2, -0.15) is 47.1 Å². The third-order valence-electron chi connectivity index (χ3n) is 6.65. The van der Waals surface area contributed by atoms with Gasteiger partial charge in [0.15, 0.2) is 11.1 Å². The number of Topliss-reactive ketones (excluding diaryl/α,β-unsaturated/α-hetero) is 1. The van der Waals surface area contributed by atoms with Gasteiger partial charge in [-0.3, -0.25) is 4.79 Å². The molecule has 0 aliphatic carbocycles. The molecule has 0 N–H and O–H groups in total. The van der Waals surface area contributed by atoms with Gasteiger partial charge in [0.05, 0.1) is 19.2 Å². The molecule has 0 fully saturated rings. The highest BCUT2D eigenvalue weighted by atomic mass is 19.4. The second-order valence-corrected chi connectivity index (χ2v) is 10.1. The highest BCUT2D eigenvalue weighted by Crippen LogP contribution is 2.56. The molecule has 0 aliphatic heterocycles. The molecule has 0 radical (unpaired) electrons. The third kappa shape index (κ3) is 8.09. The number of carbonyl (C=O) groups excluding carboxylic acids is 2. The highest BCUT2D eigenvalue weighted by molar-refractivity contribution is 5.75. The average Bonchev–Trinajstić information content (AvgIpc) is 2.94. The SMILES string of the molecule is COc1ccc(C(c2ccc(OC(=O)CCC(C)(C#N)N=NC(C)(C#N)CCC(C)=O)cc2)(C(F)(F)F)C(F)(F)F)cc1. The number of nitriles is 2. The van der Waals surface area contributed by atoms with Crippen molar-refractivity contribution in [3.05, 3.63) is 59.7 Å². The van der Waals surface area contributed by atoms with Crippen molar-refractivity contribution in [2.75, 3.05) is 7.11 Å². The Kier molecular flexibility index (Phi) is 10.7. The molecule has 0 bridgehead atoms. The quantitative estimate of drug-likeness (QED) is 0.109. The van der Waals surface area contributed by atoms with Crippen molar-refractivity contribution in [3.8, 4) is 23.6 Å². The standard InChI is InChI=1S/C29H28F6N4O4/c1-19(40)13-15-25(2,17-36)38-39-26(3,18-37)16-14-24(41)43-23-11-7-21(8-12-23)27(28(30,31)32,29(33,34)35)20-5-9-22(42-4)10-6-20/h5-12H,13-16H2,1-4H3. The largest absolute Gasteiger partial charge is 0.497 e. The van der Waals surface area contributed by atoms with Gasteiger partial charge in [-0.1, -0.05) is 24.3 Å². The van der Waals surface area contributed by atoms with E-state index in [1.54, 1.807) is 0 Å². The fraction of sp³-hybridized carbons (Fsp3) is 0.448. The molecule has 0 amide bonds. The normalized spacial score (nSPS) is 15.1. The van der Waals surface area contributed by atoms with Crippen LogP contribution in [0.2, 0.25) is 0 Å². The topological polar surface area (TPSA) is 125 Å². The molecule has 2 aromatic carbocycles. The first-order valence-electron chi connectivity index (χ1n) is 12.7. The van der Waals surface area contributed by atoms with Crippen LogP contribution in [0.5, 0.6) is 11.5 Å². The van der Waals surface area contributed by atoms with Gasteiger partial charge in [0.1, 0.15) is 17.3 Å². The minimum absolute atomic E-state index is 0.0598. The van der Waals surface area contributed by atoms with E-state index in [0.29, 0.717) is 24.3 Å². The summed E-state index contributed by atoms with van der Waals surface area (Å²) in [6.07, 6.45) is -12.2.